The zero-order valence-corrected chi connectivity index (χ0v) is 18.1. The molecule has 0 atom stereocenters. The largest absolute Gasteiger partial charge is 0.442 e. The van der Waals surface area contributed by atoms with E-state index in [2.05, 4.69) is 32.2 Å². The highest BCUT2D eigenvalue weighted by molar-refractivity contribution is 6.11. The van der Waals surface area contributed by atoms with Crippen molar-refractivity contribution in [2.75, 3.05) is 38.2 Å². The smallest absolute Gasteiger partial charge is 0.232 e. The zero-order chi connectivity index (χ0) is 21.4. The van der Waals surface area contributed by atoms with Gasteiger partial charge in [0.25, 0.3) is 0 Å². The molecule has 0 unspecified atom stereocenters. The predicted octanol–water partition coefficient (Wildman–Crippen LogP) is 2.45. The lowest BCUT2D eigenvalue weighted by molar-refractivity contribution is 0.0359. The van der Waals surface area contributed by atoms with Gasteiger partial charge in [0.15, 0.2) is 5.78 Å². The van der Waals surface area contributed by atoms with E-state index in [1.165, 1.54) is 6.33 Å². The maximum Gasteiger partial charge on any atom is 0.232 e. The molecule has 1 aliphatic carbocycles. The lowest BCUT2D eigenvalue weighted by Crippen LogP contribution is -2.38. The van der Waals surface area contributed by atoms with Gasteiger partial charge in [-0.2, -0.15) is 5.10 Å². The van der Waals surface area contributed by atoms with E-state index in [0.29, 0.717) is 28.2 Å². The van der Waals surface area contributed by atoms with Gasteiger partial charge in [-0.3, -0.25) is 14.4 Å². The number of hydrogen-bond acceptors (Lipinski definition) is 8. The number of furan rings is 1. The fraction of sp³-hybridized carbons (Fsp3) is 0.545. The van der Waals surface area contributed by atoms with Crippen LogP contribution in [0.25, 0.3) is 11.1 Å². The van der Waals surface area contributed by atoms with Gasteiger partial charge in [0.2, 0.25) is 5.71 Å². The van der Waals surface area contributed by atoms with Crippen LogP contribution in [0.5, 0.6) is 0 Å². The van der Waals surface area contributed by atoms with E-state index in [-0.39, 0.29) is 17.7 Å². The molecule has 1 saturated carbocycles. The van der Waals surface area contributed by atoms with Gasteiger partial charge in [0.1, 0.15) is 17.9 Å². The first-order valence-electron chi connectivity index (χ1n) is 10.9. The molecule has 0 amide bonds. The van der Waals surface area contributed by atoms with Crippen LogP contribution in [0.4, 0.5) is 5.82 Å². The van der Waals surface area contributed by atoms with Crippen LogP contribution in [-0.4, -0.2) is 68.8 Å². The number of fused-ring (bicyclic) bond motifs is 1. The summed E-state index contributed by atoms with van der Waals surface area (Å²) in [5, 5.41) is 8.58. The van der Waals surface area contributed by atoms with Crippen molar-refractivity contribution in [3.8, 4) is 0 Å². The van der Waals surface area contributed by atoms with E-state index >= 15 is 0 Å². The van der Waals surface area contributed by atoms with Crippen LogP contribution in [0.1, 0.15) is 41.4 Å². The quantitative estimate of drug-likeness (QED) is 0.551. The molecular formula is C22H28N6O3. The SMILES string of the molecule is Cc1oc2ncnc(NC3(C)CC3)c2c1C(=O)Cc1cnn(CCN2CCOCC2)c1. The number of nitrogens with zero attached hydrogens (tertiary/aromatic N) is 5. The molecule has 9 heteroatoms. The summed E-state index contributed by atoms with van der Waals surface area (Å²) >= 11 is 0. The molecule has 2 fully saturated rings. The summed E-state index contributed by atoms with van der Waals surface area (Å²) in [4.78, 5) is 24.3. The minimum Gasteiger partial charge on any atom is -0.442 e. The number of carbonyl (C=O) groups excluding carboxylic acids is 1. The minimum absolute atomic E-state index is 0.0113. The molecule has 31 heavy (non-hydrogen) atoms. The van der Waals surface area contributed by atoms with Crippen molar-refractivity contribution in [3.63, 3.8) is 0 Å². The summed E-state index contributed by atoms with van der Waals surface area (Å²) in [6.45, 7) is 9.17. The summed E-state index contributed by atoms with van der Waals surface area (Å²) < 4.78 is 13.1. The number of ether oxygens (including phenoxy) is 1. The highest BCUT2D eigenvalue weighted by atomic mass is 16.5. The molecule has 1 N–H and O–H groups in total. The van der Waals surface area contributed by atoms with Crippen LogP contribution in [0.2, 0.25) is 0 Å². The van der Waals surface area contributed by atoms with Crippen LogP contribution in [-0.2, 0) is 17.7 Å². The number of rotatable bonds is 8. The van der Waals surface area contributed by atoms with Gasteiger partial charge < -0.3 is 14.5 Å². The van der Waals surface area contributed by atoms with E-state index in [1.807, 2.05) is 17.8 Å². The van der Waals surface area contributed by atoms with Crippen molar-refractivity contribution in [1.29, 1.82) is 0 Å². The summed E-state index contributed by atoms with van der Waals surface area (Å²) in [5.41, 5.74) is 1.93. The number of nitrogens with one attached hydrogen (secondary N) is 1. The highest BCUT2D eigenvalue weighted by Crippen LogP contribution is 2.40. The lowest BCUT2D eigenvalue weighted by atomic mass is 10.0. The molecule has 164 valence electrons. The summed E-state index contributed by atoms with van der Waals surface area (Å²) in [6.07, 6.45) is 7.64. The standard InChI is InChI=1S/C22H28N6O3/c1-15-18(19-20(26-22(2)3-4-22)23-14-24-21(19)31-15)17(29)11-16-12-25-28(13-16)6-5-27-7-9-30-10-8-27/h12-14H,3-11H2,1-2H3,(H,23,24,26). The minimum atomic E-state index is -0.0113. The second-order valence-electron chi connectivity index (χ2n) is 8.79. The molecule has 0 spiro atoms. The average molecular weight is 425 g/mol. The van der Waals surface area contributed by atoms with Crippen LogP contribution in [0.15, 0.2) is 23.1 Å². The third-order valence-corrected chi connectivity index (χ3v) is 6.16. The molecule has 0 radical (unpaired) electrons. The van der Waals surface area contributed by atoms with Crippen molar-refractivity contribution in [1.82, 2.24) is 24.6 Å². The second kappa shape index (κ2) is 8.05. The Balaban J connectivity index is 1.31. The Bertz CT molecular complexity index is 1090. The lowest BCUT2D eigenvalue weighted by Gasteiger charge is -2.26. The van der Waals surface area contributed by atoms with Crippen molar-refractivity contribution in [3.05, 3.63) is 35.6 Å². The van der Waals surface area contributed by atoms with Crippen LogP contribution in [0, 0.1) is 6.92 Å². The van der Waals surface area contributed by atoms with Crippen molar-refractivity contribution in [2.45, 2.75) is 45.2 Å². The van der Waals surface area contributed by atoms with Crippen LogP contribution >= 0.6 is 0 Å². The molecule has 4 heterocycles. The number of hydrogen-bond donors (Lipinski definition) is 1. The van der Waals surface area contributed by atoms with Crippen molar-refractivity contribution < 1.29 is 13.9 Å². The third-order valence-electron chi connectivity index (χ3n) is 6.16. The van der Waals surface area contributed by atoms with Crippen molar-refractivity contribution in [2.24, 2.45) is 0 Å². The van der Waals surface area contributed by atoms with Gasteiger partial charge in [-0.15, -0.1) is 0 Å². The number of ketones is 1. The Hall–Kier alpha value is -2.78. The van der Waals surface area contributed by atoms with E-state index in [0.717, 1.165) is 57.8 Å². The van der Waals surface area contributed by atoms with E-state index in [4.69, 9.17) is 9.15 Å². The Morgan fingerprint density at radius 1 is 1.23 bits per heavy atom. The third kappa shape index (κ3) is 4.33. The molecule has 3 aromatic heterocycles. The number of Topliss-reactive ketones (excluding diaryl/α,β-unsaturated/α-hetero) is 1. The number of anilines is 1. The molecule has 3 aromatic rings. The zero-order valence-electron chi connectivity index (χ0n) is 18.1. The molecule has 0 bridgehead atoms. The maximum absolute atomic E-state index is 13.3. The summed E-state index contributed by atoms with van der Waals surface area (Å²) in [7, 11) is 0. The molecule has 1 saturated heterocycles. The molecule has 0 aromatic carbocycles. The van der Waals surface area contributed by atoms with E-state index < -0.39 is 0 Å². The fourth-order valence-electron chi connectivity index (χ4n) is 4.04. The monoisotopic (exact) mass is 424 g/mol. The van der Waals surface area contributed by atoms with Gasteiger partial charge >= 0.3 is 0 Å². The number of carbonyl (C=O) groups is 1. The predicted molar refractivity (Wildman–Crippen MR) is 115 cm³/mol. The van der Waals surface area contributed by atoms with E-state index in [1.54, 1.807) is 6.20 Å². The van der Waals surface area contributed by atoms with Gasteiger partial charge in [-0.25, -0.2) is 9.97 Å². The Morgan fingerprint density at radius 2 is 2.03 bits per heavy atom. The topological polar surface area (TPSA) is 98.3 Å². The maximum atomic E-state index is 13.3. The summed E-state index contributed by atoms with van der Waals surface area (Å²) in [5.74, 6) is 1.23. The second-order valence-corrected chi connectivity index (χ2v) is 8.79. The Labute approximate surface area is 180 Å². The number of morpholine rings is 1. The first kappa shape index (κ1) is 20.1. The Morgan fingerprint density at radius 3 is 2.81 bits per heavy atom. The normalized spacial score (nSPS) is 18.4. The van der Waals surface area contributed by atoms with Gasteiger partial charge in [0.05, 0.1) is 36.9 Å². The van der Waals surface area contributed by atoms with Crippen molar-refractivity contribution >= 4 is 22.7 Å². The number of aromatic nitrogens is 4. The molecule has 9 nitrogen and oxygen atoms in total. The molecular weight excluding hydrogens is 396 g/mol. The molecule has 1 aliphatic heterocycles. The first-order chi connectivity index (χ1) is 15.0. The molecule has 5 rings (SSSR count). The van der Waals surface area contributed by atoms with Gasteiger partial charge in [0, 0.05) is 37.8 Å². The van der Waals surface area contributed by atoms with Gasteiger partial charge in [-0.05, 0) is 32.3 Å². The van der Waals surface area contributed by atoms with E-state index in [9.17, 15) is 4.79 Å². The fourth-order valence-corrected chi connectivity index (χ4v) is 4.04. The molecule has 2 aliphatic rings. The first-order valence-corrected chi connectivity index (χ1v) is 10.9. The number of aryl methyl sites for hydroxylation is 1. The van der Waals surface area contributed by atoms with Crippen LogP contribution in [0.3, 0.4) is 0 Å². The Kier molecular flexibility index (Phi) is 5.23. The average Bonchev–Trinajstić information content (AvgIpc) is 3.16. The highest BCUT2D eigenvalue weighted by Gasteiger charge is 2.38. The summed E-state index contributed by atoms with van der Waals surface area (Å²) in [6, 6.07) is 0. The van der Waals surface area contributed by atoms with Crippen LogP contribution < -0.4 is 5.32 Å². The van der Waals surface area contributed by atoms with Gasteiger partial charge in [-0.1, -0.05) is 0 Å².